The van der Waals surface area contributed by atoms with Gasteiger partial charge in [0.25, 0.3) is 0 Å². The number of hydrogen-bond donors (Lipinski definition) is 2. The summed E-state index contributed by atoms with van der Waals surface area (Å²) in [6, 6.07) is 0.134. The fraction of sp³-hybridized carbons (Fsp3) is 0.727. The minimum atomic E-state index is -0.121. The Morgan fingerprint density at radius 2 is 2.14 bits per heavy atom. The molecule has 1 amide bonds. The fourth-order valence-electron chi connectivity index (χ4n) is 0.965. The third-order valence-electron chi connectivity index (χ3n) is 2.19. The first-order valence-corrected chi connectivity index (χ1v) is 5.26. The molecule has 0 spiro atoms. The van der Waals surface area contributed by atoms with Crippen molar-refractivity contribution >= 4 is 5.91 Å². The van der Waals surface area contributed by atoms with E-state index < -0.39 is 0 Å². The van der Waals surface area contributed by atoms with Crippen LogP contribution in [0.5, 0.6) is 0 Å². The van der Waals surface area contributed by atoms with Crippen molar-refractivity contribution in [2.24, 2.45) is 0 Å². The molecule has 0 aromatic carbocycles. The van der Waals surface area contributed by atoms with Gasteiger partial charge in [0.05, 0.1) is 6.04 Å². The summed E-state index contributed by atoms with van der Waals surface area (Å²) >= 11 is 0. The molecule has 3 nitrogen and oxygen atoms in total. The number of rotatable bonds is 7. The monoisotopic (exact) mass is 198 g/mol. The van der Waals surface area contributed by atoms with Gasteiger partial charge in [-0.2, -0.15) is 0 Å². The summed E-state index contributed by atoms with van der Waals surface area (Å²) in [5.74, 6) is 0.0726. The molecular formula is C11H22N2O. The molecule has 0 aromatic rings. The van der Waals surface area contributed by atoms with E-state index in [4.69, 9.17) is 0 Å². The van der Waals surface area contributed by atoms with Crippen LogP contribution in [-0.2, 0) is 4.79 Å². The van der Waals surface area contributed by atoms with Crippen molar-refractivity contribution in [1.82, 2.24) is 10.6 Å². The molecular weight excluding hydrogens is 176 g/mol. The molecule has 82 valence electrons. The highest BCUT2D eigenvalue weighted by Gasteiger charge is 2.12. The van der Waals surface area contributed by atoms with Crippen molar-refractivity contribution < 1.29 is 4.79 Å². The Balaban J connectivity index is 3.69. The van der Waals surface area contributed by atoms with Crippen LogP contribution in [0.15, 0.2) is 12.7 Å². The summed E-state index contributed by atoms with van der Waals surface area (Å²) in [6.07, 6.45) is 3.69. The maximum atomic E-state index is 11.5. The first-order valence-electron chi connectivity index (χ1n) is 5.26. The minimum Gasteiger partial charge on any atom is -0.352 e. The number of nitrogens with one attached hydrogen (secondary N) is 2. The molecule has 0 aliphatic heterocycles. The molecule has 2 N–H and O–H groups in total. The average molecular weight is 198 g/mol. The van der Waals surface area contributed by atoms with Gasteiger partial charge >= 0.3 is 0 Å². The first-order chi connectivity index (χ1) is 6.61. The van der Waals surface area contributed by atoms with Gasteiger partial charge in [-0.15, -0.1) is 6.58 Å². The minimum absolute atomic E-state index is 0.0726. The molecule has 0 rings (SSSR count). The predicted octanol–water partition coefficient (Wildman–Crippen LogP) is 1.46. The van der Waals surface area contributed by atoms with Crippen LogP contribution in [0.25, 0.3) is 0 Å². The molecule has 0 saturated carbocycles. The van der Waals surface area contributed by atoms with Crippen molar-refractivity contribution in [3.8, 4) is 0 Å². The second-order valence-electron chi connectivity index (χ2n) is 3.57. The molecule has 0 aliphatic carbocycles. The van der Waals surface area contributed by atoms with Crippen LogP contribution >= 0.6 is 0 Å². The molecule has 14 heavy (non-hydrogen) atoms. The zero-order valence-corrected chi connectivity index (χ0v) is 9.47. The Labute approximate surface area is 87.0 Å². The van der Waals surface area contributed by atoms with E-state index in [1.54, 1.807) is 0 Å². The van der Waals surface area contributed by atoms with Crippen LogP contribution in [0.2, 0.25) is 0 Å². The molecule has 0 bridgehead atoms. The maximum absolute atomic E-state index is 11.5. The molecule has 2 unspecified atom stereocenters. The van der Waals surface area contributed by atoms with Crippen LogP contribution in [0.1, 0.15) is 33.6 Å². The number of carbonyl (C=O) groups excluding carboxylic acids is 1. The van der Waals surface area contributed by atoms with Crippen LogP contribution in [0.4, 0.5) is 0 Å². The van der Waals surface area contributed by atoms with Gasteiger partial charge in [-0.1, -0.05) is 13.0 Å². The van der Waals surface area contributed by atoms with Crippen LogP contribution in [0, 0.1) is 0 Å². The molecule has 0 aromatic heterocycles. The van der Waals surface area contributed by atoms with Crippen molar-refractivity contribution in [3.05, 3.63) is 12.7 Å². The van der Waals surface area contributed by atoms with E-state index in [2.05, 4.69) is 24.1 Å². The van der Waals surface area contributed by atoms with Crippen molar-refractivity contribution in [3.63, 3.8) is 0 Å². The summed E-state index contributed by atoms with van der Waals surface area (Å²) in [5, 5.41) is 6.06. The molecule has 0 radical (unpaired) electrons. The summed E-state index contributed by atoms with van der Waals surface area (Å²) in [7, 11) is 0. The lowest BCUT2D eigenvalue weighted by atomic mass is 10.2. The van der Waals surface area contributed by atoms with E-state index >= 15 is 0 Å². The van der Waals surface area contributed by atoms with Crippen LogP contribution in [-0.4, -0.2) is 24.5 Å². The van der Waals surface area contributed by atoms with Gasteiger partial charge in [0, 0.05) is 6.04 Å². The first kappa shape index (κ1) is 13.2. The van der Waals surface area contributed by atoms with E-state index in [0.29, 0.717) is 0 Å². The Bertz CT molecular complexity index is 180. The van der Waals surface area contributed by atoms with Crippen LogP contribution < -0.4 is 10.6 Å². The van der Waals surface area contributed by atoms with Gasteiger partial charge in [0.15, 0.2) is 0 Å². The van der Waals surface area contributed by atoms with Gasteiger partial charge in [-0.05, 0) is 33.2 Å². The third kappa shape index (κ3) is 5.75. The molecule has 3 heteroatoms. The van der Waals surface area contributed by atoms with Gasteiger partial charge < -0.3 is 10.6 Å². The second-order valence-corrected chi connectivity index (χ2v) is 3.57. The van der Waals surface area contributed by atoms with Crippen molar-refractivity contribution in [2.75, 3.05) is 6.54 Å². The topological polar surface area (TPSA) is 41.1 Å². The zero-order chi connectivity index (χ0) is 11.0. The van der Waals surface area contributed by atoms with Crippen molar-refractivity contribution in [2.45, 2.75) is 45.7 Å². The normalized spacial score (nSPS) is 14.5. The average Bonchev–Trinajstić information content (AvgIpc) is 2.17. The smallest absolute Gasteiger partial charge is 0.237 e. The van der Waals surface area contributed by atoms with E-state index in [9.17, 15) is 4.79 Å². The van der Waals surface area contributed by atoms with Gasteiger partial charge in [-0.3, -0.25) is 4.79 Å². The van der Waals surface area contributed by atoms with E-state index in [0.717, 1.165) is 19.4 Å². The number of hydrogen-bond acceptors (Lipinski definition) is 2. The summed E-state index contributed by atoms with van der Waals surface area (Å²) in [4.78, 5) is 11.5. The Kier molecular flexibility index (Phi) is 7.11. The number of amides is 1. The lowest BCUT2D eigenvalue weighted by Gasteiger charge is -2.16. The third-order valence-corrected chi connectivity index (χ3v) is 2.19. The lowest BCUT2D eigenvalue weighted by Crippen LogP contribution is -2.45. The number of carbonyl (C=O) groups is 1. The Morgan fingerprint density at radius 1 is 1.50 bits per heavy atom. The predicted molar refractivity (Wildman–Crippen MR) is 60.2 cm³/mol. The highest BCUT2D eigenvalue weighted by atomic mass is 16.2. The summed E-state index contributed by atoms with van der Waals surface area (Å²) in [5.41, 5.74) is 0. The van der Waals surface area contributed by atoms with E-state index in [1.165, 1.54) is 0 Å². The van der Waals surface area contributed by atoms with Crippen molar-refractivity contribution in [1.29, 1.82) is 0 Å². The fourth-order valence-corrected chi connectivity index (χ4v) is 0.965. The van der Waals surface area contributed by atoms with E-state index in [1.807, 2.05) is 19.9 Å². The second kappa shape index (κ2) is 7.56. The Hall–Kier alpha value is -0.830. The molecule has 0 heterocycles. The standard InChI is InChI=1S/C11H22N2O/c1-5-7-8-12-10(4)11(14)13-9(3)6-2/h5,9-10,12H,1,6-8H2,2-4H3,(H,13,14). The molecule has 0 saturated heterocycles. The van der Waals surface area contributed by atoms with Gasteiger partial charge in [-0.25, -0.2) is 0 Å². The maximum Gasteiger partial charge on any atom is 0.237 e. The highest BCUT2D eigenvalue weighted by Crippen LogP contribution is 1.90. The lowest BCUT2D eigenvalue weighted by molar-refractivity contribution is -0.123. The quantitative estimate of drug-likeness (QED) is 0.480. The van der Waals surface area contributed by atoms with Crippen LogP contribution in [0.3, 0.4) is 0 Å². The Morgan fingerprint density at radius 3 is 2.64 bits per heavy atom. The highest BCUT2D eigenvalue weighted by molar-refractivity contribution is 5.81. The van der Waals surface area contributed by atoms with Gasteiger partial charge in [0.1, 0.15) is 0 Å². The zero-order valence-electron chi connectivity index (χ0n) is 9.47. The molecule has 0 aliphatic rings. The molecule has 2 atom stereocenters. The summed E-state index contributed by atoms with van der Waals surface area (Å²) < 4.78 is 0. The van der Waals surface area contributed by atoms with E-state index in [-0.39, 0.29) is 18.0 Å². The summed E-state index contributed by atoms with van der Waals surface area (Å²) in [6.45, 7) is 10.4. The van der Waals surface area contributed by atoms with Gasteiger partial charge in [0.2, 0.25) is 5.91 Å². The molecule has 0 fully saturated rings. The largest absolute Gasteiger partial charge is 0.352 e. The SMILES string of the molecule is C=CCCNC(C)C(=O)NC(C)CC.